The summed E-state index contributed by atoms with van der Waals surface area (Å²) in [5, 5.41) is 0.754. The molecule has 2 N–H and O–H groups in total. The molecule has 1 aromatic rings. The molecule has 0 aliphatic heterocycles. The highest BCUT2D eigenvalue weighted by molar-refractivity contribution is 6.31. The van der Waals surface area contributed by atoms with Gasteiger partial charge >= 0.3 is 0 Å². The van der Waals surface area contributed by atoms with Crippen LogP contribution < -0.4 is 5.73 Å². The first-order valence-electron chi connectivity index (χ1n) is 7.89. The molecule has 1 aliphatic carbocycles. The molecule has 0 saturated heterocycles. The first-order chi connectivity index (χ1) is 10.1. The third kappa shape index (κ3) is 5.68. The van der Waals surface area contributed by atoms with E-state index in [4.69, 9.17) is 17.3 Å². The van der Waals surface area contributed by atoms with Crippen LogP contribution in [-0.4, -0.2) is 23.9 Å². The molecule has 0 bridgehead atoms. The largest absolute Gasteiger partial charge is 0.369 e. The van der Waals surface area contributed by atoms with Gasteiger partial charge in [0.2, 0.25) is 5.91 Å². The van der Waals surface area contributed by atoms with E-state index in [0.717, 1.165) is 29.5 Å². The van der Waals surface area contributed by atoms with Crippen molar-refractivity contribution in [3.63, 3.8) is 0 Å². The van der Waals surface area contributed by atoms with Crippen molar-refractivity contribution in [1.29, 1.82) is 0 Å². The molecule has 0 spiro atoms. The van der Waals surface area contributed by atoms with E-state index in [1.165, 1.54) is 32.1 Å². The van der Waals surface area contributed by atoms with Crippen LogP contribution >= 0.6 is 11.6 Å². The number of halogens is 1. The van der Waals surface area contributed by atoms with E-state index in [1.54, 1.807) is 0 Å². The maximum absolute atomic E-state index is 11.3. The van der Waals surface area contributed by atoms with Gasteiger partial charge in [0.1, 0.15) is 0 Å². The van der Waals surface area contributed by atoms with E-state index in [2.05, 4.69) is 4.90 Å². The summed E-state index contributed by atoms with van der Waals surface area (Å²) in [6, 6.07) is 7.80. The number of rotatable bonds is 7. The molecule has 4 heteroatoms. The van der Waals surface area contributed by atoms with Crippen molar-refractivity contribution >= 4 is 17.5 Å². The van der Waals surface area contributed by atoms with Crippen LogP contribution in [0.3, 0.4) is 0 Å². The van der Waals surface area contributed by atoms with Gasteiger partial charge in [-0.05, 0) is 30.5 Å². The molecule has 1 fully saturated rings. The lowest BCUT2D eigenvalue weighted by atomic mass is 9.87. The van der Waals surface area contributed by atoms with Crippen LogP contribution in [0, 0.1) is 5.92 Å². The summed E-state index contributed by atoms with van der Waals surface area (Å²) >= 11 is 6.21. The molecule has 0 heterocycles. The third-order valence-corrected chi connectivity index (χ3v) is 4.68. The van der Waals surface area contributed by atoms with Gasteiger partial charge in [0.05, 0.1) is 6.54 Å². The SMILES string of the molecule is NC(=O)CN(CCC1CCCCC1)Cc1ccccc1Cl. The van der Waals surface area contributed by atoms with Crippen molar-refractivity contribution < 1.29 is 4.79 Å². The smallest absolute Gasteiger partial charge is 0.231 e. The minimum absolute atomic E-state index is 0.273. The summed E-state index contributed by atoms with van der Waals surface area (Å²) in [6.45, 7) is 1.91. The van der Waals surface area contributed by atoms with Crippen molar-refractivity contribution in [3.8, 4) is 0 Å². The minimum Gasteiger partial charge on any atom is -0.369 e. The number of hydrogen-bond acceptors (Lipinski definition) is 2. The fourth-order valence-electron chi connectivity index (χ4n) is 3.14. The molecule has 116 valence electrons. The van der Waals surface area contributed by atoms with E-state index in [-0.39, 0.29) is 5.91 Å². The Balaban J connectivity index is 1.90. The van der Waals surface area contributed by atoms with Crippen LogP contribution in [0.4, 0.5) is 0 Å². The number of nitrogens with zero attached hydrogens (tertiary/aromatic N) is 1. The number of benzene rings is 1. The minimum atomic E-state index is -0.273. The number of amides is 1. The number of hydrogen-bond donors (Lipinski definition) is 1. The molecule has 0 atom stereocenters. The zero-order valence-electron chi connectivity index (χ0n) is 12.6. The van der Waals surface area contributed by atoms with Gasteiger partial charge in [0.15, 0.2) is 0 Å². The van der Waals surface area contributed by atoms with Gasteiger partial charge in [-0.3, -0.25) is 9.69 Å². The first kappa shape index (κ1) is 16.3. The van der Waals surface area contributed by atoms with Gasteiger partial charge in [-0.1, -0.05) is 61.9 Å². The molecular weight excluding hydrogens is 284 g/mol. The summed E-state index contributed by atoms with van der Waals surface area (Å²) in [7, 11) is 0. The summed E-state index contributed by atoms with van der Waals surface area (Å²) < 4.78 is 0. The fourth-order valence-corrected chi connectivity index (χ4v) is 3.34. The zero-order chi connectivity index (χ0) is 15.1. The molecule has 0 radical (unpaired) electrons. The summed E-state index contributed by atoms with van der Waals surface area (Å²) in [5.41, 5.74) is 6.44. The molecule has 3 nitrogen and oxygen atoms in total. The highest BCUT2D eigenvalue weighted by Crippen LogP contribution is 2.26. The molecule has 1 aliphatic rings. The van der Waals surface area contributed by atoms with Crippen LogP contribution in [0.25, 0.3) is 0 Å². The van der Waals surface area contributed by atoms with Crippen molar-refractivity contribution in [3.05, 3.63) is 34.9 Å². The van der Waals surface area contributed by atoms with Gasteiger partial charge in [-0.2, -0.15) is 0 Å². The number of primary amides is 1. The van der Waals surface area contributed by atoms with Crippen molar-refractivity contribution in [2.45, 2.75) is 45.1 Å². The van der Waals surface area contributed by atoms with Crippen LogP contribution in [0.5, 0.6) is 0 Å². The predicted molar refractivity (Wildman–Crippen MR) is 87.1 cm³/mol. The van der Waals surface area contributed by atoms with E-state index in [9.17, 15) is 4.79 Å². The maximum Gasteiger partial charge on any atom is 0.231 e. The average Bonchev–Trinajstić information content (AvgIpc) is 2.48. The Morgan fingerprint density at radius 2 is 1.95 bits per heavy atom. The lowest BCUT2D eigenvalue weighted by Gasteiger charge is -2.26. The van der Waals surface area contributed by atoms with Gasteiger partial charge in [0, 0.05) is 11.6 Å². The monoisotopic (exact) mass is 308 g/mol. The molecular formula is C17H25ClN2O. The van der Waals surface area contributed by atoms with Gasteiger partial charge < -0.3 is 5.73 Å². The van der Waals surface area contributed by atoms with Crippen LogP contribution in [0.1, 0.15) is 44.1 Å². The second kappa shape index (κ2) is 8.40. The van der Waals surface area contributed by atoms with Crippen molar-refractivity contribution in [1.82, 2.24) is 4.90 Å². The molecule has 2 rings (SSSR count). The quantitative estimate of drug-likeness (QED) is 0.836. The normalized spacial score (nSPS) is 16.3. The van der Waals surface area contributed by atoms with Crippen molar-refractivity contribution in [2.75, 3.05) is 13.1 Å². The number of carbonyl (C=O) groups is 1. The van der Waals surface area contributed by atoms with Crippen LogP contribution in [0.2, 0.25) is 5.02 Å². The van der Waals surface area contributed by atoms with Crippen LogP contribution in [0.15, 0.2) is 24.3 Å². The summed E-state index contributed by atoms with van der Waals surface area (Å²) in [4.78, 5) is 13.4. The fraction of sp³-hybridized carbons (Fsp3) is 0.588. The van der Waals surface area contributed by atoms with Gasteiger partial charge in [-0.25, -0.2) is 0 Å². The highest BCUT2D eigenvalue weighted by atomic mass is 35.5. The summed E-state index contributed by atoms with van der Waals surface area (Å²) in [6.07, 6.45) is 7.89. The maximum atomic E-state index is 11.3. The topological polar surface area (TPSA) is 46.3 Å². The Hall–Kier alpha value is -1.06. The third-order valence-electron chi connectivity index (χ3n) is 4.31. The first-order valence-corrected chi connectivity index (χ1v) is 8.27. The Morgan fingerprint density at radius 1 is 1.24 bits per heavy atom. The van der Waals surface area contributed by atoms with Crippen molar-refractivity contribution in [2.24, 2.45) is 11.7 Å². The molecule has 0 unspecified atom stereocenters. The Kier molecular flexibility index (Phi) is 6.52. The van der Waals surface area contributed by atoms with Gasteiger partial charge in [-0.15, -0.1) is 0 Å². The van der Waals surface area contributed by atoms with E-state index in [1.807, 2.05) is 24.3 Å². The Morgan fingerprint density at radius 3 is 2.62 bits per heavy atom. The predicted octanol–water partition coefficient (Wildman–Crippen LogP) is 3.60. The average molecular weight is 309 g/mol. The lowest BCUT2D eigenvalue weighted by Crippen LogP contribution is -2.35. The number of carbonyl (C=O) groups excluding carboxylic acids is 1. The molecule has 1 amide bonds. The summed E-state index contributed by atoms with van der Waals surface area (Å²) in [5.74, 6) is 0.533. The van der Waals surface area contributed by atoms with E-state index in [0.29, 0.717) is 13.1 Å². The van der Waals surface area contributed by atoms with Gasteiger partial charge in [0.25, 0.3) is 0 Å². The standard InChI is InChI=1S/C17H25ClN2O/c18-16-9-5-4-8-15(16)12-20(13-17(19)21)11-10-14-6-2-1-3-7-14/h4-5,8-9,14H,1-3,6-7,10-13H2,(H2,19,21). The molecule has 21 heavy (non-hydrogen) atoms. The van der Waals surface area contributed by atoms with Crippen LogP contribution in [-0.2, 0) is 11.3 Å². The Bertz CT molecular complexity index is 458. The second-order valence-corrected chi connectivity index (χ2v) is 6.47. The van der Waals surface area contributed by atoms with E-state index >= 15 is 0 Å². The second-order valence-electron chi connectivity index (χ2n) is 6.06. The lowest BCUT2D eigenvalue weighted by molar-refractivity contribution is -0.119. The molecule has 1 aromatic carbocycles. The zero-order valence-corrected chi connectivity index (χ0v) is 13.3. The highest BCUT2D eigenvalue weighted by Gasteiger charge is 2.16. The van der Waals surface area contributed by atoms with E-state index < -0.39 is 0 Å². The molecule has 0 aromatic heterocycles. The number of nitrogens with two attached hydrogens (primary N) is 1. The Labute approximate surface area is 132 Å². The molecule has 1 saturated carbocycles.